The lowest BCUT2D eigenvalue weighted by atomic mass is 10.2. The molecular weight excluding hydrogens is 246 g/mol. The summed E-state index contributed by atoms with van der Waals surface area (Å²) in [5, 5.41) is 17.4. The smallest absolute Gasteiger partial charge is 0.335 e. The minimum atomic E-state index is -3.72. The van der Waals surface area contributed by atoms with Gasteiger partial charge in [-0.05, 0) is 31.2 Å². The first-order valence-electron chi connectivity index (χ1n) is 4.83. The third kappa shape index (κ3) is 3.52. The van der Waals surface area contributed by atoms with E-state index < -0.39 is 22.0 Å². The van der Waals surface area contributed by atoms with Crippen molar-refractivity contribution in [1.82, 2.24) is 4.72 Å². The van der Waals surface area contributed by atoms with Gasteiger partial charge in [-0.2, -0.15) is 0 Å². The minimum Gasteiger partial charge on any atom is -0.478 e. The number of sulfonamides is 1. The number of carboxylic acid groups (broad SMARTS) is 1. The van der Waals surface area contributed by atoms with E-state index >= 15 is 0 Å². The van der Waals surface area contributed by atoms with E-state index in [1.54, 1.807) is 0 Å². The Balaban J connectivity index is 2.96. The van der Waals surface area contributed by atoms with E-state index in [4.69, 9.17) is 10.2 Å². The zero-order valence-electron chi connectivity index (χ0n) is 9.12. The summed E-state index contributed by atoms with van der Waals surface area (Å²) in [7, 11) is -3.72. The van der Waals surface area contributed by atoms with E-state index in [9.17, 15) is 13.2 Å². The van der Waals surface area contributed by atoms with Crippen molar-refractivity contribution >= 4 is 16.0 Å². The molecule has 0 aliphatic carbocycles. The van der Waals surface area contributed by atoms with Gasteiger partial charge in [-0.1, -0.05) is 0 Å². The lowest BCUT2D eigenvalue weighted by molar-refractivity contribution is 0.0696. The van der Waals surface area contributed by atoms with Crippen molar-refractivity contribution in [3.8, 4) is 0 Å². The predicted molar refractivity (Wildman–Crippen MR) is 60.3 cm³/mol. The van der Waals surface area contributed by atoms with Gasteiger partial charge in [0.25, 0.3) is 0 Å². The Morgan fingerprint density at radius 2 is 1.88 bits per heavy atom. The molecule has 0 unspecified atom stereocenters. The van der Waals surface area contributed by atoms with Crippen molar-refractivity contribution in [2.75, 3.05) is 6.61 Å². The van der Waals surface area contributed by atoms with Gasteiger partial charge in [0.1, 0.15) is 0 Å². The Morgan fingerprint density at radius 1 is 1.35 bits per heavy atom. The van der Waals surface area contributed by atoms with Gasteiger partial charge in [0.05, 0.1) is 17.1 Å². The fourth-order valence-corrected chi connectivity index (χ4v) is 2.38. The highest BCUT2D eigenvalue weighted by atomic mass is 32.2. The van der Waals surface area contributed by atoms with Gasteiger partial charge in [0.15, 0.2) is 0 Å². The molecule has 17 heavy (non-hydrogen) atoms. The number of benzene rings is 1. The van der Waals surface area contributed by atoms with Crippen molar-refractivity contribution in [3.63, 3.8) is 0 Å². The highest BCUT2D eigenvalue weighted by Crippen LogP contribution is 2.11. The Labute approximate surface area is 99.0 Å². The molecule has 0 bridgehead atoms. The maximum atomic E-state index is 11.7. The molecule has 0 aliphatic rings. The number of rotatable bonds is 5. The van der Waals surface area contributed by atoms with Gasteiger partial charge >= 0.3 is 5.97 Å². The summed E-state index contributed by atoms with van der Waals surface area (Å²) in [5.74, 6) is -1.12. The zero-order chi connectivity index (χ0) is 13.1. The maximum Gasteiger partial charge on any atom is 0.335 e. The number of aliphatic hydroxyl groups excluding tert-OH is 1. The lowest BCUT2D eigenvalue weighted by Gasteiger charge is -2.11. The average molecular weight is 259 g/mol. The van der Waals surface area contributed by atoms with Gasteiger partial charge < -0.3 is 10.2 Å². The van der Waals surface area contributed by atoms with Crippen LogP contribution in [-0.2, 0) is 10.0 Å². The Hall–Kier alpha value is -1.44. The molecule has 0 saturated heterocycles. The number of carboxylic acids is 1. The molecule has 0 radical (unpaired) electrons. The van der Waals surface area contributed by atoms with E-state index in [0.29, 0.717) is 0 Å². The van der Waals surface area contributed by atoms with Crippen LogP contribution in [0.15, 0.2) is 29.2 Å². The van der Waals surface area contributed by atoms with Crippen LogP contribution in [0, 0.1) is 0 Å². The Bertz CT molecular complexity index is 494. The maximum absolute atomic E-state index is 11.7. The molecule has 0 spiro atoms. The quantitative estimate of drug-likeness (QED) is 0.693. The number of aromatic carboxylic acids is 1. The summed E-state index contributed by atoms with van der Waals surface area (Å²) >= 11 is 0. The van der Waals surface area contributed by atoms with Crippen LogP contribution in [0.2, 0.25) is 0 Å². The molecule has 0 heterocycles. The topological polar surface area (TPSA) is 104 Å². The molecule has 0 fully saturated rings. The number of carbonyl (C=O) groups is 1. The number of hydrogen-bond acceptors (Lipinski definition) is 4. The van der Waals surface area contributed by atoms with Crippen molar-refractivity contribution in [1.29, 1.82) is 0 Å². The summed E-state index contributed by atoms with van der Waals surface area (Å²) in [6.07, 6.45) is 0. The number of aliphatic hydroxyl groups is 1. The third-order valence-electron chi connectivity index (χ3n) is 2.04. The van der Waals surface area contributed by atoms with Crippen LogP contribution in [0.25, 0.3) is 0 Å². The van der Waals surface area contributed by atoms with E-state index in [2.05, 4.69) is 4.72 Å². The molecule has 94 valence electrons. The number of hydrogen-bond donors (Lipinski definition) is 3. The van der Waals surface area contributed by atoms with E-state index in [0.717, 1.165) is 0 Å². The van der Waals surface area contributed by atoms with Gasteiger partial charge in [-0.15, -0.1) is 0 Å². The van der Waals surface area contributed by atoms with Crippen LogP contribution in [0.4, 0.5) is 0 Å². The largest absolute Gasteiger partial charge is 0.478 e. The summed E-state index contributed by atoms with van der Waals surface area (Å²) in [5.41, 5.74) is 0.0131. The van der Waals surface area contributed by atoms with E-state index in [-0.39, 0.29) is 17.1 Å². The van der Waals surface area contributed by atoms with Crippen molar-refractivity contribution in [2.24, 2.45) is 0 Å². The monoisotopic (exact) mass is 259 g/mol. The molecule has 1 aromatic rings. The van der Waals surface area contributed by atoms with Crippen molar-refractivity contribution in [2.45, 2.75) is 17.9 Å². The average Bonchev–Trinajstić information content (AvgIpc) is 2.28. The fraction of sp³-hybridized carbons (Fsp3) is 0.300. The normalized spacial score (nSPS) is 13.3. The second-order valence-electron chi connectivity index (χ2n) is 3.53. The van der Waals surface area contributed by atoms with Crippen LogP contribution in [0.5, 0.6) is 0 Å². The Kier molecular flexibility index (Phi) is 4.22. The molecule has 0 aromatic heterocycles. The molecular formula is C10H13NO5S. The van der Waals surface area contributed by atoms with Gasteiger partial charge in [-0.25, -0.2) is 17.9 Å². The fourth-order valence-electron chi connectivity index (χ4n) is 1.15. The van der Waals surface area contributed by atoms with E-state index in [1.807, 2.05) is 0 Å². The minimum absolute atomic E-state index is 0.0131. The standard InChI is InChI=1S/C10H13NO5S/c1-7(6-12)11-17(15,16)9-4-2-8(3-5-9)10(13)14/h2-5,7,11-12H,6H2,1H3,(H,13,14)/t7-/m1/s1. The summed E-state index contributed by atoms with van der Waals surface area (Å²) in [6.45, 7) is 1.20. The molecule has 3 N–H and O–H groups in total. The van der Waals surface area contributed by atoms with Gasteiger partial charge in [0, 0.05) is 6.04 Å². The molecule has 1 aromatic carbocycles. The summed E-state index contributed by atoms with van der Waals surface area (Å²) in [4.78, 5) is 10.5. The molecule has 7 heteroatoms. The summed E-state index contributed by atoms with van der Waals surface area (Å²) in [6, 6.07) is 4.23. The lowest BCUT2D eigenvalue weighted by Crippen LogP contribution is -2.34. The van der Waals surface area contributed by atoms with Gasteiger partial charge in [-0.3, -0.25) is 0 Å². The first kappa shape index (κ1) is 13.6. The molecule has 6 nitrogen and oxygen atoms in total. The SMILES string of the molecule is C[C@H](CO)NS(=O)(=O)c1ccc(C(=O)O)cc1. The second-order valence-corrected chi connectivity index (χ2v) is 5.25. The molecule has 1 rings (SSSR count). The molecule has 0 amide bonds. The Morgan fingerprint density at radius 3 is 2.29 bits per heavy atom. The van der Waals surface area contributed by atoms with Crippen LogP contribution in [0.3, 0.4) is 0 Å². The van der Waals surface area contributed by atoms with Crippen LogP contribution >= 0.6 is 0 Å². The van der Waals surface area contributed by atoms with Crippen LogP contribution < -0.4 is 4.72 Å². The predicted octanol–water partition coefficient (Wildman–Crippen LogP) is 0.0439. The first-order valence-corrected chi connectivity index (χ1v) is 6.31. The van der Waals surface area contributed by atoms with Crippen molar-refractivity contribution < 1.29 is 23.4 Å². The third-order valence-corrected chi connectivity index (χ3v) is 3.65. The molecule has 0 aliphatic heterocycles. The molecule has 1 atom stereocenters. The summed E-state index contributed by atoms with van der Waals surface area (Å²) < 4.78 is 25.7. The van der Waals surface area contributed by atoms with Crippen LogP contribution in [0.1, 0.15) is 17.3 Å². The molecule has 0 saturated carbocycles. The zero-order valence-corrected chi connectivity index (χ0v) is 9.94. The highest BCUT2D eigenvalue weighted by Gasteiger charge is 2.17. The van der Waals surface area contributed by atoms with Gasteiger partial charge in [0.2, 0.25) is 10.0 Å². The van der Waals surface area contributed by atoms with Crippen molar-refractivity contribution in [3.05, 3.63) is 29.8 Å². The number of nitrogens with one attached hydrogen (secondary N) is 1. The first-order chi connectivity index (χ1) is 7.86. The van der Waals surface area contributed by atoms with E-state index in [1.165, 1.54) is 31.2 Å². The second kappa shape index (κ2) is 5.26. The highest BCUT2D eigenvalue weighted by molar-refractivity contribution is 7.89. The van der Waals surface area contributed by atoms with Crippen LogP contribution in [-0.4, -0.2) is 37.2 Å².